The first kappa shape index (κ1) is 30.8. The SMILES string of the molecule is CCOC(=O)COc1ccc(C2C(C(=O)OCC)=C(C)NC3SC(=Cc4ccc(OC)c5ccccc45)C(=O)N32)cc1OC. The van der Waals surface area contributed by atoms with Gasteiger partial charge in [-0.3, -0.25) is 9.69 Å². The average Bonchev–Trinajstić information content (AvgIpc) is 3.33. The molecule has 0 bridgehead atoms. The van der Waals surface area contributed by atoms with Crippen molar-refractivity contribution in [3.05, 3.63) is 81.9 Å². The highest BCUT2D eigenvalue weighted by Crippen LogP contribution is 2.48. The zero-order valence-corrected chi connectivity index (χ0v) is 26.0. The Hall–Kier alpha value is -4.64. The van der Waals surface area contributed by atoms with Gasteiger partial charge in [-0.1, -0.05) is 48.2 Å². The predicted molar refractivity (Wildman–Crippen MR) is 167 cm³/mol. The number of fused-ring (bicyclic) bond motifs is 2. The molecule has 1 amide bonds. The summed E-state index contributed by atoms with van der Waals surface area (Å²) >= 11 is 1.38. The number of rotatable bonds is 10. The molecule has 2 atom stereocenters. The normalized spacial score (nSPS) is 18.6. The lowest BCUT2D eigenvalue weighted by molar-refractivity contribution is -0.145. The van der Waals surface area contributed by atoms with Crippen LogP contribution in [0, 0.1) is 0 Å². The summed E-state index contributed by atoms with van der Waals surface area (Å²) in [6.45, 7) is 5.37. The van der Waals surface area contributed by atoms with Crippen molar-refractivity contribution < 1.29 is 38.1 Å². The molecule has 44 heavy (non-hydrogen) atoms. The molecule has 3 aromatic rings. The molecule has 2 unspecified atom stereocenters. The van der Waals surface area contributed by atoms with Crippen LogP contribution in [0.4, 0.5) is 0 Å². The first-order valence-corrected chi connectivity index (χ1v) is 15.1. The van der Waals surface area contributed by atoms with E-state index in [0.29, 0.717) is 33.2 Å². The molecule has 11 heteroatoms. The maximum absolute atomic E-state index is 14.2. The van der Waals surface area contributed by atoms with E-state index in [-0.39, 0.29) is 25.7 Å². The van der Waals surface area contributed by atoms with Crippen LogP contribution in [0.5, 0.6) is 17.2 Å². The third kappa shape index (κ3) is 5.92. The van der Waals surface area contributed by atoms with Gasteiger partial charge < -0.3 is 29.0 Å². The van der Waals surface area contributed by atoms with Crippen LogP contribution in [-0.2, 0) is 23.9 Å². The van der Waals surface area contributed by atoms with Crippen LogP contribution in [0.15, 0.2) is 70.8 Å². The summed E-state index contributed by atoms with van der Waals surface area (Å²) in [5.41, 5.74) is 1.92. The highest BCUT2D eigenvalue weighted by atomic mass is 32.2. The summed E-state index contributed by atoms with van der Waals surface area (Å²) in [6, 6.07) is 16.0. The zero-order valence-electron chi connectivity index (χ0n) is 25.2. The van der Waals surface area contributed by atoms with Crippen LogP contribution in [0.3, 0.4) is 0 Å². The first-order valence-electron chi connectivity index (χ1n) is 14.2. The molecule has 0 aromatic heterocycles. The Labute approximate surface area is 259 Å². The van der Waals surface area contributed by atoms with Crippen LogP contribution in [-0.4, -0.2) is 62.3 Å². The maximum Gasteiger partial charge on any atom is 0.344 e. The third-order valence-electron chi connectivity index (χ3n) is 7.31. The van der Waals surface area contributed by atoms with E-state index < -0.39 is 23.5 Å². The lowest BCUT2D eigenvalue weighted by Crippen LogP contribution is -2.50. The van der Waals surface area contributed by atoms with Crippen molar-refractivity contribution in [2.24, 2.45) is 0 Å². The minimum Gasteiger partial charge on any atom is -0.496 e. The number of esters is 2. The van der Waals surface area contributed by atoms with E-state index in [1.165, 1.54) is 18.9 Å². The number of allylic oxidation sites excluding steroid dienone is 1. The van der Waals surface area contributed by atoms with Gasteiger partial charge in [-0.2, -0.15) is 0 Å². The number of nitrogens with one attached hydrogen (secondary N) is 1. The van der Waals surface area contributed by atoms with Gasteiger partial charge in [-0.15, -0.1) is 0 Å². The minimum atomic E-state index is -0.785. The molecule has 2 heterocycles. The molecule has 0 saturated carbocycles. The maximum atomic E-state index is 14.2. The van der Waals surface area contributed by atoms with Crippen molar-refractivity contribution in [1.82, 2.24) is 10.2 Å². The summed E-state index contributed by atoms with van der Waals surface area (Å²) in [5.74, 6) is 0.124. The quantitative estimate of drug-likeness (QED) is 0.241. The Morgan fingerprint density at radius 1 is 0.932 bits per heavy atom. The number of nitrogens with zero attached hydrogens (tertiary/aromatic N) is 1. The molecule has 2 aliphatic rings. The molecule has 0 aliphatic carbocycles. The summed E-state index contributed by atoms with van der Waals surface area (Å²) in [4.78, 5) is 41.5. The lowest BCUT2D eigenvalue weighted by Gasteiger charge is -2.39. The Morgan fingerprint density at radius 3 is 2.34 bits per heavy atom. The number of benzene rings is 3. The second kappa shape index (κ2) is 13.3. The summed E-state index contributed by atoms with van der Waals surface area (Å²) in [6.07, 6.45) is 1.87. The van der Waals surface area contributed by atoms with Gasteiger partial charge in [0.25, 0.3) is 5.91 Å². The van der Waals surface area contributed by atoms with E-state index >= 15 is 0 Å². The highest BCUT2D eigenvalue weighted by Gasteiger charge is 2.48. The predicted octanol–water partition coefficient (Wildman–Crippen LogP) is 5.18. The molecular formula is C33H34N2O8S. The van der Waals surface area contributed by atoms with Gasteiger partial charge in [0.15, 0.2) is 23.6 Å². The monoisotopic (exact) mass is 618 g/mol. The molecule has 1 saturated heterocycles. The first-order chi connectivity index (χ1) is 21.3. The second-order valence-corrected chi connectivity index (χ2v) is 11.0. The van der Waals surface area contributed by atoms with Gasteiger partial charge in [-0.05, 0) is 61.6 Å². The van der Waals surface area contributed by atoms with Gasteiger partial charge in [-0.25, -0.2) is 9.59 Å². The molecule has 0 radical (unpaired) electrons. The lowest BCUT2D eigenvalue weighted by atomic mass is 9.93. The molecule has 2 aliphatic heterocycles. The smallest absolute Gasteiger partial charge is 0.344 e. The van der Waals surface area contributed by atoms with E-state index in [0.717, 1.165) is 22.1 Å². The van der Waals surface area contributed by atoms with Crippen molar-refractivity contribution in [1.29, 1.82) is 0 Å². The van der Waals surface area contributed by atoms with E-state index in [2.05, 4.69) is 5.32 Å². The molecule has 1 N–H and O–H groups in total. The highest BCUT2D eigenvalue weighted by molar-refractivity contribution is 8.05. The van der Waals surface area contributed by atoms with Gasteiger partial charge >= 0.3 is 11.9 Å². The second-order valence-electron chi connectivity index (χ2n) is 9.90. The topological polar surface area (TPSA) is 113 Å². The molecule has 10 nitrogen and oxygen atoms in total. The van der Waals surface area contributed by atoms with E-state index in [4.69, 9.17) is 23.7 Å². The Bertz CT molecular complexity index is 1670. The van der Waals surface area contributed by atoms with Crippen molar-refractivity contribution in [2.75, 3.05) is 34.0 Å². The number of carbonyl (C=O) groups excluding carboxylic acids is 3. The summed E-state index contributed by atoms with van der Waals surface area (Å²) in [7, 11) is 3.11. The minimum absolute atomic E-state index is 0.175. The molecular weight excluding hydrogens is 584 g/mol. The largest absolute Gasteiger partial charge is 0.496 e. The van der Waals surface area contributed by atoms with Crippen molar-refractivity contribution >= 4 is 46.5 Å². The number of ether oxygens (including phenoxy) is 5. The van der Waals surface area contributed by atoms with Crippen molar-refractivity contribution in [3.8, 4) is 17.2 Å². The van der Waals surface area contributed by atoms with Gasteiger partial charge in [0, 0.05) is 11.1 Å². The summed E-state index contributed by atoms with van der Waals surface area (Å²) in [5, 5.41) is 5.22. The van der Waals surface area contributed by atoms with Gasteiger partial charge in [0.05, 0.1) is 44.0 Å². The fraction of sp³-hybridized carbons (Fsp3) is 0.303. The number of thioether (sulfide) groups is 1. The average molecular weight is 619 g/mol. The third-order valence-corrected chi connectivity index (χ3v) is 8.42. The Kier molecular flexibility index (Phi) is 9.34. The van der Waals surface area contributed by atoms with Crippen LogP contribution < -0.4 is 19.5 Å². The fourth-order valence-corrected chi connectivity index (χ4v) is 6.58. The van der Waals surface area contributed by atoms with Crippen LogP contribution in [0.2, 0.25) is 0 Å². The number of carbonyl (C=O) groups is 3. The van der Waals surface area contributed by atoms with Crippen LogP contribution in [0.25, 0.3) is 16.8 Å². The summed E-state index contributed by atoms with van der Waals surface area (Å²) < 4.78 is 27.2. The van der Waals surface area contributed by atoms with Crippen molar-refractivity contribution in [3.63, 3.8) is 0 Å². The van der Waals surface area contributed by atoms with E-state index in [9.17, 15) is 14.4 Å². The van der Waals surface area contributed by atoms with Crippen LogP contribution >= 0.6 is 11.8 Å². The van der Waals surface area contributed by atoms with Gasteiger partial charge in [0.2, 0.25) is 0 Å². The number of amides is 1. The number of methoxy groups -OCH3 is 2. The van der Waals surface area contributed by atoms with Crippen LogP contribution in [0.1, 0.15) is 37.9 Å². The molecule has 5 rings (SSSR count). The number of hydrogen-bond acceptors (Lipinski definition) is 10. The number of hydrogen-bond donors (Lipinski definition) is 1. The molecule has 3 aromatic carbocycles. The zero-order chi connectivity index (χ0) is 31.4. The van der Waals surface area contributed by atoms with E-state index in [1.54, 1.807) is 51.0 Å². The van der Waals surface area contributed by atoms with E-state index in [1.807, 2.05) is 42.5 Å². The van der Waals surface area contributed by atoms with Crippen molar-refractivity contribution in [2.45, 2.75) is 32.3 Å². The molecule has 0 spiro atoms. The Balaban J connectivity index is 1.55. The molecule has 230 valence electrons. The standard InChI is InChI=1S/C33H34N2O8S/c1-6-41-28(36)18-43-25-15-13-21(16-26(25)40-5)30-29(32(38)42-7-2)19(3)34-33-35(30)31(37)27(44-33)17-20-12-14-24(39-4)23-11-9-8-10-22(20)23/h8-17,30,33-34H,6-7,18H2,1-5H3. The fourth-order valence-electron chi connectivity index (χ4n) is 5.37. The van der Waals surface area contributed by atoms with Gasteiger partial charge in [0.1, 0.15) is 5.75 Å². The molecule has 1 fully saturated rings. The Morgan fingerprint density at radius 2 is 1.64 bits per heavy atom.